The SMILES string of the molecule is Cc1cc2c(n1CCc1cscn1)CC(C)(C)CC2N. The van der Waals surface area contributed by atoms with E-state index in [1.807, 2.05) is 5.51 Å². The van der Waals surface area contributed by atoms with Crippen molar-refractivity contribution in [2.24, 2.45) is 11.1 Å². The molecule has 1 unspecified atom stereocenters. The summed E-state index contributed by atoms with van der Waals surface area (Å²) in [5.41, 5.74) is 13.9. The summed E-state index contributed by atoms with van der Waals surface area (Å²) in [5, 5.41) is 2.14. The van der Waals surface area contributed by atoms with E-state index >= 15 is 0 Å². The number of aryl methyl sites for hydroxylation is 2. The van der Waals surface area contributed by atoms with Crippen LogP contribution in [0.25, 0.3) is 0 Å². The van der Waals surface area contributed by atoms with Crippen LogP contribution < -0.4 is 5.73 Å². The van der Waals surface area contributed by atoms with Crippen molar-refractivity contribution in [3.8, 4) is 0 Å². The number of hydrogen-bond acceptors (Lipinski definition) is 3. The standard InChI is InChI=1S/C16H23N3S/c1-11-6-13-14(17)7-16(2,3)8-15(13)19(11)5-4-12-9-20-10-18-12/h6,9-10,14H,4-5,7-8,17H2,1-3H3. The van der Waals surface area contributed by atoms with Gasteiger partial charge in [0, 0.05) is 35.8 Å². The molecule has 1 aliphatic rings. The van der Waals surface area contributed by atoms with E-state index in [0.29, 0.717) is 5.41 Å². The Labute approximate surface area is 124 Å². The van der Waals surface area contributed by atoms with E-state index in [1.54, 1.807) is 11.3 Å². The van der Waals surface area contributed by atoms with Gasteiger partial charge < -0.3 is 10.3 Å². The molecule has 1 aliphatic carbocycles. The molecule has 0 radical (unpaired) electrons. The summed E-state index contributed by atoms with van der Waals surface area (Å²) in [7, 11) is 0. The summed E-state index contributed by atoms with van der Waals surface area (Å²) in [6.07, 6.45) is 3.21. The van der Waals surface area contributed by atoms with Crippen molar-refractivity contribution in [3.63, 3.8) is 0 Å². The largest absolute Gasteiger partial charge is 0.348 e. The number of nitrogens with zero attached hydrogens (tertiary/aromatic N) is 2. The zero-order chi connectivity index (χ0) is 14.3. The van der Waals surface area contributed by atoms with Crippen molar-refractivity contribution in [1.29, 1.82) is 0 Å². The van der Waals surface area contributed by atoms with E-state index in [0.717, 1.165) is 25.8 Å². The first kappa shape index (κ1) is 13.8. The van der Waals surface area contributed by atoms with E-state index < -0.39 is 0 Å². The average Bonchev–Trinajstić information content (AvgIpc) is 2.94. The van der Waals surface area contributed by atoms with Gasteiger partial charge in [-0.05, 0) is 36.8 Å². The highest BCUT2D eigenvalue weighted by Crippen LogP contribution is 2.40. The molecule has 3 nitrogen and oxygen atoms in total. The summed E-state index contributed by atoms with van der Waals surface area (Å²) >= 11 is 1.67. The van der Waals surface area contributed by atoms with Crippen LogP contribution in [-0.4, -0.2) is 9.55 Å². The molecule has 2 aromatic heterocycles. The van der Waals surface area contributed by atoms with Crippen LogP contribution in [0.4, 0.5) is 0 Å². The van der Waals surface area contributed by atoms with Crippen LogP contribution in [0.3, 0.4) is 0 Å². The van der Waals surface area contributed by atoms with E-state index in [-0.39, 0.29) is 6.04 Å². The van der Waals surface area contributed by atoms with Crippen molar-refractivity contribution < 1.29 is 0 Å². The molecule has 0 aliphatic heterocycles. The van der Waals surface area contributed by atoms with Crippen LogP contribution in [-0.2, 0) is 19.4 Å². The topological polar surface area (TPSA) is 43.8 Å². The lowest BCUT2D eigenvalue weighted by molar-refractivity contribution is 0.275. The maximum absolute atomic E-state index is 6.37. The molecule has 0 saturated carbocycles. The predicted octanol–water partition coefficient (Wildman–Crippen LogP) is 3.47. The third-order valence-corrected chi connectivity index (χ3v) is 4.98. The number of rotatable bonds is 3. The van der Waals surface area contributed by atoms with Gasteiger partial charge in [-0.25, -0.2) is 4.98 Å². The number of thiazole rings is 1. The minimum Gasteiger partial charge on any atom is -0.348 e. The summed E-state index contributed by atoms with van der Waals surface area (Å²) in [5.74, 6) is 0. The number of fused-ring (bicyclic) bond motifs is 1. The van der Waals surface area contributed by atoms with Crippen molar-refractivity contribution in [1.82, 2.24) is 9.55 Å². The highest BCUT2D eigenvalue weighted by molar-refractivity contribution is 7.07. The number of aromatic nitrogens is 2. The van der Waals surface area contributed by atoms with Crippen LogP contribution >= 0.6 is 11.3 Å². The molecule has 0 amide bonds. The van der Waals surface area contributed by atoms with E-state index in [1.165, 1.54) is 22.6 Å². The second-order valence-electron chi connectivity index (χ2n) is 6.72. The van der Waals surface area contributed by atoms with Crippen molar-refractivity contribution >= 4 is 11.3 Å². The Kier molecular flexibility index (Phi) is 3.46. The Morgan fingerprint density at radius 1 is 1.50 bits per heavy atom. The second kappa shape index (κ2) is 5.01. The van der Waals surface area contributed by atoms with E-state index in [2.05, 4.69) is 41.8 Å². The first-order chi connectivity index (χ1) is 9.46. The molecule has 108 valence electrons. The molecular formula is C16H23N3S. The molecule has 0 fully saturated rings. The van der Waals surface area contributed by atoms with Gasteiger partial charge in [-0.2, -0.15) is 0 Å². The quantitative estimate of drug-likeness (QED) is 0.940. The molecule has 1 atom stereocenters. The first-order valence-electron chi connectivity index (χ1n) is 7.28. The highest BCUT2D eigenvalue weighted by atomic mass is 32.1. The van der Waals surface area contributed by atoms with Gasteiger partial charge in [-0.3, -0.25) is 0 Å². The summed E-state index contributed by atoms with van der Waals surface area (Å²) in [6.45, 7) is 7.85. The lowest BCUT2D eigenvalue weighted by Crippen LogP contribution is -2.30. The van der Waals surface area contributed by atoms with Crippen LogP contribution in [0.5, 0.6) is 0 Å². The molecule has 0 spiro atoms. The lowest BCUT2D eigenvalue weighted by Gasteiger charge is -2.34. The molecule has 0 saturated heterocycles. The number of hydrogen-bond donors (Lipinski definition) is 1. The fraction of sp³-hybridized carbons (Fsp3) is 0.562. The molecule has 4 heteroatoms. The molecule has 0 aromatic carbocycles. The zero-order valence-electron chi connectivity index (χ0n) is 12.5. The Hall–Kier alpha value is -1.13. The van der Waals surface area contributed by atoms with Gasteiger partial charge in [0.1, 0.15) is 0 Å². The van der Waals surface area contributed by atoms with Gasteiger partial charge >= 0.3 is 0 Å². The Morgan fingerprint density at radius 3 is 3.00 bits per heavy atom. The molecule has 2 aromatic rings. The second-order valence-corrected chi connectivity index (χ2v) is 7.44. The molecule has 2 heterocycles. The highest BCUT2D eigenvalue weighted by Gasteiger charge is 2.33. The summed E-state index contributed by atoms with van der Waals surface area (Å²) in [6, 6.07) is 2.48. The normalized spacial score (nSPS) is 20.9. The van der Waals surface area contributed by atoms with Gasteiger partial charge in [-0.1, -0.05) is 13.8 Å². The average molecular weight is 289 g/mol. The minimum atomic E-state index is 0.188. The third-order valence-electron chi connectivity index (χ3n) is 4.34. The monoisotopic (exact) mass is 289 g/mol. The fourth-order valence-corrected chi connectivity index (χ4v) is 4.00. The van der Waals surface area contributed by atoms with Gasteiger partial charge in [0.2, 0.25) is 0 Å². The van der Waals surface area contributed by atoms with Gasteiger partial charge in [-0.15, -0.1) is 11.3 Å². The van der Waals surface area contributed by atoms with E-state index in [4.69, 9.17) is 5.73 Å². The van der Waals surface area contributed by atoms with E-state index in [9.17, 15) is 0 Å². The fourth-order valence-electron chi connectivity index (χ4n) is 3.40. The van der Waals surface area contributed by atoms with Crippen molar-refractivity contribution in [2.75, 3.05) is 0 Å². The van der Waals surface area contributed by atoms with Crippen LogP contribution in [0.1, 0.15) is 49.0 Å². The molecular weight excluding hydrogens is 266 g/mol. The van der Waals surface area contributed by atoms with Crippen LogP contribution in [0, 0.1) is 12.3 Å². The minimum absolute atomic E-state index is 0.188. The first-order valence-corrected chi connectivity index (χ1v) is 8.22. The van der Waals surface area contributed by atoms with Crippen LogP contribution in [0.15, 0.2) is 17.0 Å². The zero-order valence-corrected chi connectivity index (χ0v) is 13.3. The number of nitrogens with two attached hydrogens (primary N) is 1. The molecule has 3 rings (SSSR count). The summed E-state index contributed by atoms with van der Waals surface area (Å²) in [4.78, 5) is 4.38. The molecule has 0 bridgehead atoms. The lowest BCUT2D eigenvalue weighted by atomic mass is 9.74. The summed E-state index contributed by atoms with van der Waals surface area (Å²) < 4.78 is 2.45. The maximum Gasteiger partial charge on any atom is 0.0794 e. The predicted molar refractivity (Wildman–Crippen MR) is 84.0 cm³/mol. The van der Waals surface area contributed by atoms with Crippen LogP contribution in [0.2, 0.25) is 0 Å². The Morgan fingerprint density at radius 2 is 2.30 bits per heavy atom. The maximum atomic E-state index is 6.37. The van der Waals surface area contributed by atoms with Crippen molar-refractivity contribution in [2.45, 2.75) is 52.6 Å². The van der Waals surface area contributed by atoms with Gasteiger partial charge in [0.25, 0.3) is 0 Å². The smallest absolute Gasteiger partial charge is 0.0794 e. The van der Waals surface area contributed by atoms with Gasteiger partial charge in [0.15, 0.2) is 0 Å². The Balaban J connectivity index is 1.88. The molecule has 2 N–H and O–H groups in total. The Bertz CT molecular complexity index is 596. The van der Waals surface area contributed by atoms with Crippen molar-refractivity contribution in [3.05, 3.63) is 39.6 Å². The molecule has 20 heavy (non-hydrogen) atoms. The third kappa shape index (κ3) is 2.54. The van der Waals surface area contributed by atoms with Gasteiger partial charge in [0.05, 0.1) is 11.2 Å².